The molecule has 0 nitrogen and oxygen atoms in total. The molecule has 1 radical (unpaired) electrons. The summed E-state index contributed by atoms with van der Waals surface area (Å²) in [7, 11) is 0. The van der Waals surface area contributed by atoms with Crippen molar-refractivity contribution in [2.24, 2.45) is 0 Å². The molecule has 0 aliphatic rings. The Morgan fingerprint density at radius 1 is 0.444 bits per heavy atom. The third-order valence-electron chi connectivity index (χ3n) is 7.26. The van der Waals surface area contributed by atoms with Crippen molar-refractivity contribution in [2.45, 2.75) is 171 Å². The zero-order chi connectivity index (χ0) is 25.9. The van der Waals surface area contributed by atoms with Gasteiger partial charge in [-0.1, -0.05) is 142 Å². The molecule has 0 heterocycles. The molecule has 209 valence electrons. The average Bonchev–Trinajstić information content (AvgIpc) is 2.89. The molecule has 1 aromatic rings. The minimum Gasteiger partial charge on any atom is -0.126 e. The Kier molecular flexibility index (Phi) is 25.0. The molecule has 1 aromatic carbocycles. The van der Waals surface area contributed by atoms with Crippen molar-refractivity contribution < 1.29 is 0 Å². The lowest BCUT2D eigenvalue weighted by molar-refractivity contribution is 0.555. The Morgan fingerprint density at radius 2 is 0.750 bits per heavy atom. The molecule has 0 unspecified atom stereocenters. The standard InChI is InChI=1S/C34H61S2/c1-4-7-9-11-13-15-17-19-21-23-25-27-35-33-29-32(6-3)30-34(31-33)36-28-26-24-22-20-18-16-14-12-10-8-5-2/h29-31H,3-28H2,1-2H3. The smallest absolute Gasteiger partial charge is 0.00858 e. The molecule has 2 heteroatoms. The Hall–Kier alpha value is -0.0800. The first kappa shape index (κ1) is 33.9. The summed E-state index contributed by atoms with van der Waals surface area (Å²) in [5.41, 5.74) is 1.40. The van der Waals surface area contributed by atoms with Crippen LogP contribution in [0, 0.1) is 6.92 Å². The van der Waals surface area contributed by atoms with Crippen molar-refractivity contribution in [1.82, 2.24) is 0 Å². The van der Waals surface area contributed by atoms with E-state index in [2.05, 4.69) is 62.5 Å². The largest absolute Gasteiger partial charge is 0.126 e. The summed E-state index contributed by atoms with van der Waals surface area (Å²) in [6.07, 6.45) is 32.2. The lowest BCUT2D eigenvalue weighted by Crippen LogP contribution is -1.88. The highest BCUT2D eigenvalue weighted by atomic mass is 32.2. The highest BCUT2D eigenvalue weighted by Crippen LogP contribution is 2.29. The minimum absolute atomic E-state index is 0.902. The molecule has 0 atom stereocenters. The number of thioether (sulfide) groups is 2. The van der Waals surface area contributed by atoms with E-state index in [0.29, 0.717) is 0 Å². The van der Waals surface area contributed by atoms with Gasteiger partial charge >= 0.3 is 0 Å². The van der Waals surface area contributed by atoms with Crippen molar-refractivity contribution in [2.75, 3.05) is 11.5 Å². The second-order valence-corrected chi connectivity index (χ2v) is 13.2. The van der Waals surface area contributed by atoms with E-state index in [-0.39, 0.29) is 0 Å². The highest BCUT2D eigenvalue weighted by Gasteiger charge is 2.03. The molecule has 0 saturated carbocycles. The van der Waals surface area contributed by atoms with Crippen LogP contribution in [0.2, 0.25) is 0 Å². The third kappa shape index (κ3) is 20.9. The summed E-state index contributed by atoms with van der Waals surface area (Å²) < 4.78 is 0. The van der Waals surface area contributed by atoms with Crippen LogP contribution in [0.25, 0.3) is 0 Å². The van der Waals surface area contributed by atoms with Crippen molar-refractivity contribution in [3.05, 3.63) is 30.7 Å². The quantitative estimate of drug-likeness (QED) is 0.0814. The number of unbranched alkanes of at least 4 members (excludes halogenated alkanes) is 20. The Bertz CT molecular complexity index is 536. The maximum Gasteiger partial charge on any atom is 0.00858 e. The van der Waals surface area contributed by atoms with Crippen molar-refractivity contribution >= 4 is 23.5 Å². The van der Waals surface area contributed by atoms with Crippen LogP contribution in [0.1, 0.15) is 161 Å². The first-order valence-corrected chi connectivity index (χ1v) is 18.0. The van der Waals surface area contributed by atoms with Crippen LogP contribution in [-0.4, -0.2) is 11.5 Å². The van der Waals surface area contributed by atoms with Crippen LogP contribution < -0.4 is 0 Å². The first-order chi connectivity index (χ1) is 17.8. The molecule has 0 N–H and O–H groups in total. The molecule has 0 bridgehead atoms. The van der Waals surface area contributed by atoms with Gasteiger partial charge in [0, 0.05) is 9.79 Å². The molecule has 0 spiro atoms. The second-order valence-electron chi connectivity index (χ2n) is 10.8. The van der Waals surface area contributed by atoms with Gasteiger partial charge in [0.1, 0.15) is 0 Å². The Morgan fingerprint density at radius 3 is 1.06 bits per heavy atom. The van der Waals surface area contributed by atoms with Gasteiger partial charge in [-0.15, -0.1) is 23.5 Å². The van der Waals surface area contributed by atoms with Crippen LogP contribution in [0.15, 0.2) is 28.0 Å². The summed E-state index contributed by atoms with van der Waals surface area (Å²) in [4.78, 5) is 2.93. The van der Waals surface area contributed by atoms with Crippen molar-refractivity contribution in [1.29, 1.82) is 0 Å². The van der Waals surface area contributed by atoms with Crippen LogP contribution in [0.3, 0.4) is 0 Å². The molecular formula is C34H61S2. The zero-order valence-corrected chi connectivity index (χ0v) is 26.1. The van der Waals surface area contributed by atoms with E-state index in [1.165, 1.54) is 168 Å². The summed E-state index contributed by atoms with van der Waals surface area (Å²) in [6.45, 7) is 8.75. The van der Waals surface area contributed by atoms with E-state index in [1.54, 1.807) is 0 Å². The van der Waals surface area contributed by atoms with E-state index in [9.17, 15) is 0 Å². The lowest BCUT2D eigenvalue weighted by atomic mass is 10.1. The fourth-order valence-electron chi connectivity index (χ4n) is 4.85. The zero-order valence-electron chi connectivity index (χ0n) is 24.4. The van der Waals surface area contributed by atoms with Crippen LogP contribution in [0.5, 0.6) is 0 Å². The monoisotopic (exact) mass is 533 g/mol. The van der Waals surface area contributed by atoms with E-state index in [1.807, 2.05) is 0 Å². The molecule has 0 saturated heterocycles. The predicted octanol–water partition coefficient (Wildman–Crippen LogP) is 12.9. The van der Waals surface area contributed by atoms with Crippen molar-refractivity contribution in [3.63, 3.8) is 0 Å². The molecule has 0 aliphatic heterocycles. The van der Waals surface area contributed by atoms with Gasteiger partial charge in [0.2, 0.25) is 0 Å². The minimum atomic E-state index is 0.902. The summed E-state index contributed by atoms with van der Waals surface area (Å²) >= 11 is 4.13. The second kappa shape index (κ2) is 26.5. The maximum atomic E-state index is 4.15. The Labute approximate surface area is 236 Å². The van der Waals surface area contributed by atoms with Crippen LogP contribution >= 0.6 is 23.5 Å². The summed E-state index contributed by atoms with van der Waals surface area (Å²) in [5, 5.41) is 0. The van der Waals surface area contributed by atoms with Crippen LogP contribution in [0.4, 0.5) is 0 Å². The van der Waals surface area contributed by atoms with Crippen molar-refractivity contribution in [3.8, 4) is 0 Å². The fraction of sp³-hybridized carbons (Fsp3) is 0.794. The van der Waals surface area contributed by atoms with E-state index < -0.39 is 0 Å². The molecule has 0 fully saturated rings. The Balaban J connectivity index is 2.06. The van der Waals surface area contributed by atoms with Gasteiger partial charge in [0.25, 0.3) is 0 Å². The SMILES string of the molecule is [CH2]Cc1cc(SCCCCCCCCCCCCC)cc(SCCCCCCCCCCCCC)c1. The van der Waals surface area contributed by atoms with Gasteiger partial charge in [-0.25, -0.2) is 0 Å². The molecule has 0 amide bonds. The van der Waals surface area contributed by atoms with Gasteiger partial charge in [0.05, 0.1) is 0 Å². The predicted molar refractivity (Wildman–Crippen MR) is 170 cm³/mol. The lowest BCUT2D eigenvalue weighted by Gasteiger charge is -2.09. The molecule has 1 rings (SSSR count). The molecular weight excluding hydrogens is 473 g/mol. The third-order valence-corrected chi connectivity index (χ3v) is 9.39. The van der Waals surface area contributed by atoms with Gasteiger partial charge in [-0.3, -0.25) is 0 Å². The van der Waals surface area contributed by atoms with Crippen LogP contribution in [-0.2, 0) is 6.42 Å². The van der Waals surface area contributed by atoms with Gasteiger partial charge in [-0.05, 0) is 61.5 Å². The van der Waals surface area contributed by atoms with E-state index in [0.717, 1.165) is 6.42 Å². The number of hydrogen-bond donors (Lipinski definition) is 0. The first-order valence-electron chi connectivity index (χ1n) is 16.0. The number of rotatable bonds is 27. The van der Waals surface area contributed by atoms with Gasteiger partial charge in [0.15, 0.2) is 0 Å². The molecule has 0 aromatic heterocycles. The molecule has 0 aliphatic carbocycles. The highest BCUT2D eigenvalue weighted by molar-refractivity contribution is 8.00. The summed E-state index contributed by atoms with van der Waals surface area (Å²) in [5.74, 6) is 2.53. The topological polar surface area (TPSA) is 0 Å². The molecule has 36 heavy (non-hydrogen) atoms. The van der Waals surface area contributed by atoms with E-state index >= 15 is 0 Å². The summed E-state index contributed by atoms with van der Waals surface area (Å²) in [6, 6.07) is 7.19. The normalized spacial score (nSPS) is 11.4. The fourth-order valence-corrected chi connectivity index (χ4v) is 6.99. The average molecular weight is 534 g/mol. The number of benzene rings is 1. The van der Waals surface area contributed by atoms with Gasteiger partial charge < -0.3 is 0 Å². The van der Waals surface area contributed by atoms with Gasteiger partial charge in [-0.2, -0.15) is 0 Å². The number of hydrogen-bond acceptors (Lipinski definition) is 2. The maximum absolute atomic E-state index is 4.15. The van der Waals surface area contributed by atoms with E-state index in [4.69, 9.17) is 0 Å².